The van der Waals surface area contributed by atoms with Crippen LogP contribution < -0.4 is 10.1 Å². The number of aliphatic hydroxyl groups is 5. The van der Waals surface area contributed by atoms with Crippen molar-refractivity contribution in [3.63, 3.8) is 0 Å². The van der Waals surface area contributed by atoms with Gasteiger partial charge in [-0.3, -0.25) is 0 Å². The van der Waals surface area contributed by atoms with Gasteiger partial charge in [0.25, 0.3) is 0 Å². The van der Waals surface area contributed by atoms with Crippen LogP contribution in [0.1, 0.15) is 96.5 Å². The van der Waals surface area contributed by atoms with Crippen LogP contribution in [0.4, 0.5) is 0 Å². The largest absolute Gasteiger partial charge is 0.504 e. The van der Waals surface area contributed by atoms with Gasteiger partial charge in [-0.2, -0.15) is 0 Å². The summed E-state index contributed by atoms with van der Waals surface area (Å²) in [5.74, 6) is 3.32. The molecule has 2 aliphatic heterocycles. The summed E-state index contributed by atoms with van der Waals surface area (Å²) in [5, 5.41) is 45.2. The number of hydrogen-bond acceptors (Lipinski definition) is 7. The third kappa shape index (κ3) is 7.73. The molecular weight excluding hydrogens is 592 g/mol. The smallest absolute Gasteiger partial charge is 0.208 e. The van der Waals surface area contributed by atoms with Gasteiger partial charge in [-0.05, 0) is 86.8 Å². The summed E-state index contributed by atoms with van der Waals surface area (Å²) in [5.41, 5.74) is 4.13. The molecule has 0 radical (unpaired) electrons. The first-order valence-electron chi connectivity index (χ1n) is 18.4. The molecule has 0 amide bonds. The minimum Gasteiger partial charge on any atom is -0.504 e. The number of aryl methyl sites for hydroxylation is 1. The molecule has 1 spiro atoms. The predicted octanol–water partition coefficient (Wildman–Crippen LogP) is 5.50. The normalized spacial score (nSPS) is 27.7. The number of phenolic OH excluding ortho intramolecular Hbond substituents is 1. The number of aromatic hydroxyl groups is 1. The van der Waals surface area contributed by atoms with Gasteiger partial charge in [0.05, 0.1) is 18.1 Å². The number of aliphatic hydroxyl groups excluding tert-OH is 3. The van der Waals surface area contributed by atoms with E-state index in [4.69, 9.17) is 14.5 Å². The number of allylic oxidation sites excluding steroid dienone is 1. The summed E-state index contributed by atoms with van der Waals surface area (Å²) in [6.45, 7) is 5.43. The molecule has 5 aliphatic rings. The lowest BCUT2D eigenvalue weighted by molar-refractivity contribution is -0.0550. The van der Waals surface area contributed by atoms with E-state index in [2.05, 4.69) is 18.3 Å². The highest BCUT2D eigenvalue weighted by molar-refractivity contribution is 6.03. The first kappa shape index (κ1) is 34.4. The zero-order valence-electron chi connectivity index (χ0n) is 28.5. The molecule has 47 heavy (non-hydrogen) atoms. The summed E-state index contributed by atoms with van der Waals surface area (Å²) < 4.78 is 10.9. The van der Waals surface area contributed by atoms with Crippen molar-refractivity contribution in [2.75, 3.05) is 26.3 Å². The Kier molecular flexibility index (Phi) is 11.2. The summed E-state index contributed by atoms with van der Waals surface area (Å²) in [4.78, 5) is 5.11. The predicted molar refractivity (Wildman–Crippen MR) is 185 cm³/mol. The highest BCUT2D eigenvalue weighted by Gasteiger charge is 2.58. The molecule has 0 bridgehead atoms. The second kappa shape index (κ2) is 15.4. The van der Waals surface area contributed by atoms with E-state index in [1.54, 1.807) is 6.07 Å². The molecule has 1 unspecified atom stereocenters. The molecule has 6 rings (SSSR count). The standard InChI is InChI=1S/C39H56N2O6/c1-3-4-10-37-27(23-42)18-28(47-37)13-11-26-12-14-35(44)38(17-26)46-24-36(45)33-19-30-31(22-40-21-25(2)43)29-8-7-9-32(29)39(15-5-6-16-39)20-34(30)41-33/h12,14,17-19,25,29,31-32,36-37,40,42-43,45,47H,3-11,13,15-16,20-24H2,1-2H3/p+1/t25-,29-,31-,32-,36-,37?/m0/s1. The number of nitrogens with one attached hydrogen (secondary N) is 1. The van der Waals surface area contributed by atoms with Crippen molar-refractivity contribution >= 4 is 5.71 Å². The zero-order chi connectivity index (χ0) is 33.0. The van der Waals surface area contributed by atoms with Crippen LogP contribution in [0.3, 0.4) is 0 Å². The SMILES string of the molecule is CCCCC1[OH+][C-](CCc2ccc(O)c(OC[C@H](O)C3=C[C+]4C(=N3)CC3(CCCC3)[C@H]3CCC[C@H]3[C@@H]4CNC[C@H](C)O)c2)C=C1CO. The number of unbranched alkanes of at least 4 members (excludes halogenated alkanes) is 1. The van der Waals surface area contributed by atoms with Gasteiger partial charge in [0.1, 0.15) is 30.4 Å². The Labute approximate surface area is 281 Å². The lowest BCUT2D eigenvalue weighted by atomic mass is 9.66. The van der Waals surface area contributed by atoms with Gasteiger partial charge >= 0.3 is 0 Å². The van der Waals surface area contributed by atoms with Crippen LogP contribution in [-0.4, -0.2) is 75.5 Å². The molecule has 1 aromatic carbocycles. The number of ether oxygens (including phenoxy) is 2. The van der Waals surface area contributed by atoms with Crippen molar-refractivity contribution in [1.29, 1.82) is 0 Å². The molecule has 2 heterocycles. The molecule has 8 nitrogen and oxygen atoms in total. The Morgan fingerprint density at radius 3 is 2.79 bits per heavy atom. The van der Waals surface area contributed by atoms with E-state index in [0.717, 1.165) is 73.9 Å². The van der Waals surface area contributed by atoms with Crippen LogP contribution in [-0.2, 0) is 6.42 Å². The van der Waals surface area contributed by atoms with E-state index in [0.29, 0.717) is 35.2 Å². The van der Waals surface area contributed by atoms with Crippen LogP contribution in [0.15, 0.2) is 46.6 Å². The number of aliphatic imine (C=N–C) groups is 1. The number of benzene rings is 1. The summed E-state index contributed by atoms with van der Waals surface area (Å²) in [7, 11) is 0. The first-order valence-corrected chi connectivity index (χ1v) is 18.4. The highest BCUT2D eigenvalue weighted by Crippen LogP contribution is 2.61. The molecule has 6 N–H and O–H groups in total. The van der Waals surface area contributed by atoms with Crippen molar-refractivity contribution in [3.8, 4) is 11.5 Å². The molecule has 258 valence electrons. The lowest BCUT2D eigenvalue weighted by Gasteiger charge is -2.37. The number of fused-ring (bicyclic) bond motifs is 3. The van der Waals surface area contributed by atoms with Gasteiger partial charge in [-0.25, -0.2) is 0 Å². The monoisotopic (exact) mass is 649 g/mol. The van der Waals surface area contributed by atoms with Crippen molar-refractivity contribution in [1.82, 2.24) is 5.32 Å². The Morgan fingerprint density at radius 2 is 2.02 bits per heavy atom. The third-order valence-corrected chi connectivity index (χ3v) is 11.6. The molecule has 0 aromatic heterocycles. The minimum atomic E-state index is -0.912. The van der Waals surface area contributed by atoms with Gasteiger partial charge in [0, 0.05) is 32.5 Å². The van der Waals surface area contributed by atoms with E-state index in [1.807, 2.05) is 25.1 Å². The van der Waals surface area contributed by atoms with Crippen molar-refractivity contribution in [2.24, 2.45) is 28.2 Å². The topological polar surface area (TPSA) is 127 Å². The van der Waals surface area contributed by atoms with Crippen LogP contribution in [0.2, 0.25) is 0 Å². The zero-order valence-corrected chi connectivity index (χ0v) is 28.5. The molecule has 3 saturated carbocycles. The molecule has 3 aliphatic carbocycles. The lowest BCUT2D eigenvalue weighted by Crippen LogP contribution is -2.38. The van der Waals surface area contributed by atoms with Crippen molar-refractivity contribution < 1.29 is 29.9 Å². The van der Waals surface area contributed by atoms with Gasteiger partial charge < -0.3 is 35.2 Å². The molecule has 0 saturated heterocycles. The van der Waals surface area contributed by atoms with E-state index in [1.165, 1.54) is 50.9 Å². The fraction of sp³-hybridized carbons (Fsp3) is 0.667. The molecule has 6 atom stereocenters. The van der Waals surface area contributed by atoms with Crippen molar-refractivity contribution in [3.05, 3.63) is 59.2 Å². The van der Waals surface area contributed by atoms with E-state index in [9.17, 15) is 20.4 Å². The second-order valence-corrected chi connectivity index (χ2v) is 14.9. The quantitative estimate of drug-likeness (QED) is 0.126. The number of rotatable bonds is 15. The summed E-state index contributed by atoms with van der Waals surface area (Å²) in [6.07, 6.45) is 18.6. The van der Waals surface area contributed by atoms with Crippen LogP contribution >= 0.6 is 0 Å². The highest BCUT2D eigenvalue weighted by atomic mass is 16.5. The average Bonchev–Trinajstić information content (AvgIpc) is 3.87. The van der Waals surface area contributed by atoms with E-state index < -0.39 is 12.2 Å². The second-order valence-electron chi connectivity index (χ2n) is 14.9. The van der Waals surface area contributed by atoms with Gasteiger partial charge in [-0.15, -0.1) is 16.6 Å². The summed E-state index contributed by atoms with van der Waals surface area (Å²) >= 11 is 0. The van der Waals surface area contributed by atoms with E-state index >= 15 is 0 Å². The molecular formula is C39H57N2O6+. The fourth-order valence-electron chi connectivity index (χ4n) is 9.31. The van der Waals surface area contributed by atoms with Crippen LogP contribution in [0.5, 0.6) is 11.5 Å². The Hall–Kier alpha value is -2.49. The molecule has 8 heteroatoms. The maximum absolute atomic E-state index is 11.4. The maximum atomic E-state index is 11.4. The summed E-state index contributed by atoms with van der Waals surface area (Å²) in [6, 6.07) is 5.40. The number of nitrogens with zero attached hydrogens (tertiary/aromatic N) is 1. The Bertz CT molecular complexity index is 1300. The number of phenols is 1. The fourth-order valence-corrected chi connectivity index (χ4v) is 9.31. The number of hydrogen-bond donors (Lipinski definition) is 5. The Balaban J connectivity index is 1.11. The molecule has 1 aromatic rings. The van der Waals surface area contributed by atoms with Gasteiger partial charge in [0.15, 0.2) is 17.6 Å². The third-order valence-electron chi connectivity index (χ3n) is 11.6. The van der Waals surface area contributed by atoms with Gasteiger partial charge in [-0.1, -0.05) is 38.7 Å². The molecule has 3 fully saturated rings. The minimum absolute atomic E-state index is 0.00343. The van der Waals surface area contributed by atoms with Crippen LogP contribution in [0, 0.1) is 35.2 Å². The van der Waals surface area contributed by atoms with Crippen LogP contribution in [0.25, 0.3) is 0 Å². The van der Waals surface area contributed by atoms with Gasteiger partial charge in [0.2, 0.25) is 5.70 Å². The van der Waals surface area contributed by atoms with Crippen molar-refractivity contribution in [2.45, 2.75) is 116 Å². The average molecular weight is 650 g/mol. The van der Waals surface area contributed by atoms with E-state index in [-0.39, 0.29) is 25.1 Å². The Morgan fingerprint density at radius 1 is 1.19 bits per heavy atom. The maximum Gasteiger partial charge on any atom is 0.208 e. The first-order chi connectivity index (χ1) is 22.8.